The number of aliphatic hydroxyl groups is 1. The Hall–Kier alpha value is -4.38. The van der Waals surface area contributed by atoms with Crippen LogP contribution in [0.25, 0.3) is 11.1 Å². The number of rotatable bonds is 10. The zero-order valence-corrected chi connectivity index (χ0v) is 26.6. The molecule has 0 radical (unpaired) electrons. The number of aliphatic hydroxyl groups excluding tert-OH is 1. The summed E-state index contributed by atoms with van der Waals surface area (Å²) in [4.78, 5) is 12.1. The molecule has 0 aliphatic carbocycles. The number of fused-ring (bicyclic) bond motifs is 4. The van der Waals surface area contributed by atoms with E-state index in [1.54, 1.807) is 49.4 Å². The van der Waals surface area contributed by atoms with Crippen molar-refractivity contribution in [3.63, 3.8) is 0 Å². The van der Waals surface area contributed by atoms with Crippen LogP contribution in [0.3, 0.4) is 0 Å². The summed E-state index contributed by atoms with van der Waals surface area (Å²) >= 11 is 0. The second-order valence-electron chi connectivity index (χ2n) is 11.1. The molecule has 0 spiro atoms. The molecule has 0 fully saturated rings. The van der Waals surface area contributed by atoms with Gasteiger partial charge in [0, 0.05) is 24.2 Å². The van der Waals surface area contributed by atoms with Gasteiger partial charge < -0.3 is 24.6 Å². The summed E-state index contributed by atoms with van der Waals surface area (Å²) in [5.41, 5.74) is 6.11. The molecule has 0 saturated carbocycles. The minimum Gasteiger partial charge on any atom is -0.492 e. The van der Waals surface area contributed by atoms with Crippen molar-refractivity contribution >= 4 is 21.7 Å². The first kappa shape index (κ1) is 32.0. The van der Waals surface area contributed by atoms with Gasteiger partial charge in [-0.3, -0.25) is 4.72 Å². The van der Waals surface area contributed by atoms with Gasteiger partial charge in [0.25, 0.3) is 10.0 Å². The molecule has 0 unspecified atom stereocenters. The molecular formula is C35H38N2O7S. The van der Waals surface area contributed by atoms with Gasteiger partial charge in [0.05, 0.1) is 28.9 Å². The minimum absolute atomic E-state index is 0.130. The highest BCUT2D eigenvalue weighted by molar-refractivity contribution is 7.92. The van der Waals surface area contributed by atoms with Gasteiger partial charge in [0.2, 0.25) is 0 Å². The van der Waals surface area contributed by atoms with Gasteiger partial charge in [0.1, 0.15) is 24.7 Å². The zero-order chi connectivity index (χ0) is 32.1. The summed E-state index contributed by atoms with van der Waals surface area (Å²) in [7, 11) is -3.86. The van der Waals surface area contributed by atoms with Crippen molar-refractivity contribution in [1.82, 2.24) is 5.32 Å². The SMILES string of the molecule is CCOC(=O)c1ccc(-c2c(C)cc(OCCN[C@@H](C)[C@H](O)c3ccc4cc3NS(=O)(=O)c3cccc(c3)CO4)cc2C)cc1. The highest BCUT2D eigenvalue weighted by Crippen LogP contribution is 2.33. The molecule has 0 saturated heterocycles. The Balaban J connectivity index is 1.20. The van der Waals surface area contributed by atoms with E-state index in [0.717, 1.165) is 33.6 Å². The quantitative estimate of drug-likeness (QED) is 0.146. The van der Waals surface area contributed by atoms with Gasteiger partial charge in [0.15, 0.2) is 0 Å². The number of carbonyl (C=O) groups is 1. The van der Waals surface area contributed by atoms with E-state index in [9.17, 15) is 18.3 Å². The molecule has 10 heteroatoms. The van der Waals surface area contributed by atoms with Crippen LogP contribution in [-0.2, 0) is 21.4 Å². The fraction of sp³-hybridized carbons (Fsp3) is 0.286. The van der Waals surface area contributed by atoms with Gasteiger partial charge >= 0.3 is 5.97 Å². The highest BCUT2D eigenvalue weighted by Gasteiger charge is 2.24. The second kappa shape index (κ2) is 13.7. The molecule has 236 valence electrons. The number of carbonyl (C=O) groups excluding carboxylic acids is 1. The fourth-order valence-electron chi connectivity index (χ4n) is 5.43. The number of hydrogen-bond donors (Lipinski definition) is 3. The second-order valence-corrected chi connectivity index (χ2v) is 12.7. The molecule has 9 nitrogen and oxygen atoms in total. The number of hydrogen-bond acceptors (Lipinski definition) is 8. The smallest absolute Gasteiger partial charge is 0.338 e. The van der Waals surface area contributed by atoms with Crippen LogP contribution < -0.4 is 19.5 Å². The predicted octanol–water partition coefficient (Wildman–Crippen LogP) is 5.93. The van der Waals surface area contributed by atoms with Crippen molar-refractivity contribution in [1.29, 1.82) is 0 Å². The van der Waals surface area contributed by atoms with Crippen LogP contribution in [0.5, 0.6) is 11.5 Å². The highest BCUT2D eigenvalue weighted by atomic mass is 32.2. The van der Waals surface area contributed by atoms with Gasteiger partial charge in [-0.15, -0.1) is 0 Å². The van der Waals surface area contributed by atoms with E-state index in [4.69, 9.17) is 14.2 Å². The molecule has 1 heterocycles. The molecule has 3 N–H and O–H groups in total. The lowest BCUT2D eigenvalue weighted by Crippen LogP contribution is -2.35. The summed E-state index contributed by atoms with van der Waals surface area (Å²) in [5.74, 6) is 0.885. The molecule has 45 heavy (non-hydrogen) atoms. The van der Waals surface area contributed by atoms with Gasteiger partial charge in [-0.1, -0.05) is 30.3 Å². The molecule has 2 atom stereocenters. The topological polar surface area (TPSA) is 123 Å². The largest absolute Gasteiger partial charge is 0.492 e. The van der Waals surface area contributed by atoms with Crippen LogP contribution in [0.1, 0.15) is 52.6 Å². The first-order valence-electron chi connectivity index (χ1n) is 14.9. The number of sulfonamides is 1. The van der Waals surface area contributed by atoms with Crippen molar-refractivity contribution in [2.75, 3.05) is 24.5 Å². The maximum atomic E-state index is 13.1. The number of aryl methyl sites for hydroxylation is 2. The molecular weight excluding hydrogens is 592 g/mol. The monoisotopic (exact) mass is 630 g/mol. The van der Waals surface area contributed by atoms with Gasteiger partial charge in [-0.25, -0.2) is 13.2 Å². The minimum atomic E-state index is -3.86. The molecule has 0 amide bonds. The molecule has 4 aromatic rings. The van der Waals surface area contributed by atoms with E-state index in [1.807, 2.05) is 51.1 Å². The standard InChI is InChI=1S/C35H38N2O7S/c1-5-42-35(39)27-11-9-26(10-12-27)33-22(2)17-29(18-23(33)3)43-16-15-36-24(4)34(38)31-14-13-28-20-32(31)37-45(40,41)30-8-6-7-25(19-30)21-44-28/h6-14,17-20,24,34,36-38H,5,15-16,21H2,1-4H3/t24-,34-/m0/s1. The molecule has 1 aliphatic rings. The maximum absolute atomic E-state index is 13.1. The first-order valence-corrected chi connectivity index (χ1v) is 16.4. The van der Waals surface area contributed by atoms with E-state index in [2.05, 4.69) is 10.0 Å². The Morgan fingerprint density at radius 1 is 1.02 bits per heavy atom. The fourth-order valence-corrected chi connectivity index (χ4v) is 6.58. The number of anilines is 1. The van der Waals surface area contributed by atoms with E-state index in [0.29, 0.717) is 36.6 Å². The first-order chi connectivity index (χ1) is 21.6. The molecule has 4 bridgehead atoms. The average Bonchev–Trinajstić information content (AvgIpc) is 3.01. The third kappa shape index (κ3) is 7.47. The van der Waals surface area contributed by atoms with Crippen LogP contribution in [0.4, 0.5) is 5.69 Å². The number of esters is 1. The Bertz CT molecular complexity index is 1770. The van der Waals surface area contributed by atoms with E-state index in [-0.39, 0.29) is 23.2 Å². The Morgan fingerprint density at radius 3 is 2.47 bits per heavy atom. The lowest BCUT2D eigenvalue weighted by Gasteiger charge is -2.24. The van der Waals surface area contributed by atoms with Crippen molar-refractivity contribution in [2.45, 2.75) is 51.3 Å². The number of nitrogens with one attached hydrogen (secondary N) is 2. The van der Waals surface area contributed by atoms with Crippen LogP contribution >= 0.6 is 0 Å². The Morgan fingerprint density at radius 2 is 1.76 bits per heavy atom. The zero-order valence-electron chi connectivity index (χ0n) is 25.8. The summed E-state index contributed by atoms with van der Waals surface area (Å²) < 4.78 is 45.8. The maximum Gasteiger partial charge on any atom is 0.338 e. The van der Waals surface area contributed by atoms with Crippen LogP contribution in [-0.4, -0.2) is 45.3 Å². The number of benzene rings is 4. The molecule has 1 aliphatic heterocycles. The van der Waals surface area contributed by atoms with Gasteiger partial charge in [-0.05, 0) is 98.0 Å². The molecule has 4 aromatic carbocycles. The third-order valence-corrected chi connectivity index (χ3v) is 9.07. The summed E-state index contributed by atoms with van der Waals surface area (Å²) in [6.07, 6.45) is -1.01. The summed E-state index contributed by atoms with van der Waals surface area (Å²) in [6, 6.07) is 22.5. The summed E-state index contributed by atoms with van der Waals surface area (Å²) in [5, 5.41) is 14.5. The van der Waals surface area contributed by atoms with E-state index >= 15 is 0 Å². The Kier molecular flexibility index (Phi) is 9.77. The van der Waals surface area contributed by atoms with Crippen LogP contribution in [0.2, 0.25) is 0 Å². The lowest BCUT2D eigenvalue weighted by atomic mass is 9.95. The van der Waals surface area contributed by atoms with E-state index in [1.165, 1.54) is 6.07 Å². The lowest BCUT2D eigenvalue weighted by molar-refractivity contribution is 0.0526. The van der Waals surface area contributed by atoms with Crippen LogP contribution in [0, 0.1) is 13.8 Å². The summed E-state index contributed by atoms with van der Waals surface area (Å²) in [6.45, 7) is 9.02. The van der Waals surface area contributed by atoms with E-state index < -0.39 is 22.2 Å². The third-order valence-electron chi connectivity index (χ3n) is 7.70. The van der Waals surface area contributed by atoms with Crippen molar-refractivity contribution in [3.05, 3.63) is 107 Å². The molecule has 5 rings (SSSR count). The predicted molar refractivity (Wildman–Crippen MR) is 173 cm³/mol. The average molecular weight is 631 g/mol. The van der Waals surface area contributed by atoms with Crippen molar-refractivity contribution < 1.29 is 32.5 Å². The van der Waals surface area contributed by atoms with Gasteiger partial charge in [-0.2, -0.15) is 0 Å². The number of ether oxygens (including phenoxy) is 3. The van der Waals surface area contributed by atoms with Crippen molar-refractivity contribution in [2.24, 2.45) is 0 Å². The Labute approximate surface area is 264 Å². The van der Waals surface area contributed by atoms with Crippen molar-refractivity contribution in [3.8, 4) is 22.6 Å². The van der Waals surface area contributed by atoms with Crippen LogP contribution in [0.15, 0.2) is 83.8 Å². The normalized spacial score (nSPS) is 14.8. The molecule has 0 aromatic heterocycles.